The first-order valence-electron chi connectivity index (χ1n) is 8.06. The largest absolute Gasteiger partial charge is 0.328 e. The molecule has 116 valence electrons. The van der Waals surface area contributed by atoms with E-state index in [-0.39, 0.29) is 0 Å². The van der Waals surface area contributed by atoms with Gasteiger partial charge in [-0.05, 0) is 49.1 Å². The van der Waals surface area contributed by atoms with Gasteiger partial charge in [0, 0.05) is 19.4 Å². The minimum atomic E-state index is 0.579. The zero-order valence-corrected chi connectivity index (χ0v) is 13.7. The molecular weight excluding hydrogens is 282 g/mol. The van der Waals surface area contributed by atoms with Gasteiger partial charge in [0.15, 0.2) is 0 Å². The zero-order valence-electron chi connectivity index (χ0n) is 13.7. The molecule has 0 spiro atoms. The summed E-state index contributed by atoms with van der Waals surface area (Å²) in [6, 6.07) is 17.0. The Labute approximate surface area is 137 Å². The van der Waals surface area contributed by atoms with Crippen molar-refractivity contribution in [2.75, 3.05) is 0 Å². The molecule has 1 aromatic heterocycles. The highest BCUT2D eigenvalue weighted by atomic mass is 15.1. The van der Waals surface area contributed by atoms with Gasteiger partial charge in [-0.25, -0.2) is 4.98 Å². The van der Waals surface area contributed by atoms with Crippen molar-refractivity contribution < 1.29 is 0 Å². The van der Waals surface area contributed by atoms with Crippen LogP contribution in [0.2, 0.25) is 0 Å². The van der Waals surface area contributed by atoms with Crippen LogP contribution in [-0.4, -0.2) is 9.55 Å². The fourth-order valence-corrected chi connectivity index (χ4v) is 2.91. The quantitative estimate of drug-likeness (QED) is 0.649. The minimum absolute atomic E-state index is 0.579. The van der Waals surface area contributed by atoms with Crippen molar-refractivity contribution in [3.63, 3.8) is 0 Å². The van der Waals surface area contributed by atoms with E-state index in [2.05, 4.69) is 60.9 Å². The maximum absolute atomic E-state index is 8.82. The van der Waals surface area contributed by atoms with Crippen molar-refractivity contribution >= 4 is 11.0 Å². The van der Waals surface area contributed by atoms with Gasteiger partial charge in [-0.2, -0.15) is 5.26 Å². The number of nitriles is 1. The van der Waals surface area contributed by atoms with Crippen LogP contribution in [0, 0.1) is 25.2 Å². The number of hydrogen-bond acceptors (Lipinski definition) is 2. The Morgan fingerprint density at radius 3 is 2.57 bits per heavy atom. The van der Waals surface area contributed by atoms with Crippen LogP contribution in [0.1, 0.15) is 35.4 Å². The Bertz CT molecular complexity index is 854. The monoisotopic (exact) mass is 303 g/mol. The highest BCUT2D eigenvalue weighted by Gasteiger charge is 2.12. The average Bonchev–Trinajstić information content (AvgIpc) is 2.86. The summed E-state index contributed by atoms with van der Waals surface area (Å²) in [4.78, 5) is 4.87. The van der Waals surface area contributed by atoms with Crippen LogP contribution in [0.5, 0.6) is 0 Å². The Kier molecular flexibility index (Phi) is 4.43. The highest BCUT2D eigenvalue weighted by Crippen LogP contribution is 2.23. The van der Waals surface area contributed by atoms with Crippen molar-refractivity contribution in [3.05, 3.63) is 65.0 Å². The Morgan fingerprint density at radius 1 is 1.09 bits per heavy atom. The molecule has 3 aromatic rings. The van der Waals surface area contributed by atoms with E-state index in [1.165, 1.54) is 22.2 Å². The predicted molar refractivity (Wildman–Crippen MR) is 93.3 cm³/mol. The van der Waals surface area contributed by atoms with Gasteiger partial charge < -0.3 is 4.57 Å². The number of fused-ring (bicyclic) bond motifs is 1. The van der Waals surface area contributed by atoms with Crippen molar-refractivity contribution in [2.45, 2.75) is 39.7 Å². The van der Waals surface area contributed by atoms with Crippen LogP contribution in [0.15, 0.2) is 42.5 Å². The number of hydrogen-bond donors (Lipinski definition) is 0. The third-order valence-corrected chi connectivity index (χ3v) is 4.32. The number of imidazole rings is 1. The van der Waals surface area contributed by atoms with Gasteiger partial charge in [0.25, 0.3) is 0 Å². The molecule has 0 radical (unpaired) electrons. The predicted octanol–water partition coefficient (Wildman–Crippen LogP) is 4.55. The van der Waals surface area contributed by atoms with Crippen LogP contribution in [-0.2, 0) is 13.0 Å². The van der Waals surface area contributed by atoms with Crippen LogP contribution in [0.3, 0.4) is 0 Å². The molecule has 0 atom stereocenters. The summed E-state index contributed by atoms with van der Waals surface area (Å²) in [6.45, 7) is 5.10. The normalized spacial score (nSPS) is 10.8. The first-order valence-corrected chi connectivity index (χ1v) is 8.06. The standard InChI is InChI=1S/C20H21N3/c1-15-12-18-19(13-16(15)2)23(11-7-6-10-21)20(22-18)14-17-8-4-3-5-9-17/h3-5,8-9,12-13H,6-7,11,14H2,1-2H3. The molecule has 0 aliphatic carbocycles. The van der Waals surface area contributed by atoms with Gasteiger partial charge in [-0.3, -0.25) is 0 Å². The molecule has 0 amide bonds. The van der Waals surface area contributed by atoms with Gasteiger partial charge in [0.2, 0.25) is 0 Å². The smallest absolute Gasteiger partial charge is 0.114 e. The fourth-order valence-electron chi connectivity index (χ4n) is 2.91. The van der Waals surface area contributed by atoms with Crippen molar-refractivity contribution in [1.29, 1.82) is 5.26 Å². The second-order valence-electron chi connectivity index (χ2n) is 6.03. The maximum atomic E-state index is 8.82. The fraction of sp³-hybridized carbons (Fsp3) is 0.300. The first-order chi connectivity index (χ1) is 11.2. The molecule has 2 aromatic carbocycles. The van der Waals surface area contributed by atoms with Gasteiger partial charge in [0.1, 0.15) is 5.82 Å². The summed E-state index contributed by atoms with van der Waals surface area (Å²) in [5, 5.41) is 8.82. The lowest BCUT2D eigenvalue weighted by Crippen LogP contribution is -2.05. The second kappa shape index (κ2) is 6.66. The Balaban J connectivity index is 2.04. The zero-order chi connectivity index (χ0) is 16.2. The average molecular weight is 303 g/mol. The molecule has 0 aliphatic heterocycles. The molecular formula is C20H21N3. The number of rotatable bonds is 5. The van der Waals surface area contributed by atoms with Crippen molar-refractivity contribution in [2.24, 2.45) is 0 Å². The Hall–Kier alpha value is -2.60. The van der Waals surface area contributed by atoms with Gasteiger partial charge in [0.05, 0.1) is 17.1 Å². The lowest BCUT2D eigenvalue weighted by atomic mass is 10.1. The van der Waals surface area contributed by atoms with Crippen LogP contribution < -0.4 is 0 Å². The van der Waals surface area contributed by atoms with E-state index < -0.39 is 0 Å². The third-order valence-electron chi connectivity index (χ3n) is 4.32. The molecule has 0 aliphatic rings. The summed E-state index contributed by atoms with van der Waals surface area (Å²) in [7, 11) is 0. The number of aryl methyl sites for hydroxylation is 3. The van der Waals surface area contributed by atoms with Crippen molar-refractivity contribution in [3.8, 4) is 6.07 Å². The molecule has 3 nitrogen and oxygen atoms in total. The van der Waals surface area contributed by atoms with E-state index in [9.17, 15) is 0 Å². The van der Waals surface area contributed by atoms with Crippen LogP contribution in [0.4, 0.5) is 0 Å². The molecule has 1 heterocycles. The van der Waals surface area contributed by atoms with E-state index in [0.717, 1.165) is 30.7 Å². The molecule has 0 saturated carbocycles. The summed E-state index contributed by atoms with van der Waals surface area (Å²) in [6.07, 6.45) is 2.26. The second-order valence-corrected chi connectivity index (χ2v) is 6.03. The topological polar surface area (TPSA) is 41.6 Å². The van der Waals surface area contributed by atoms with E-state index in [1.54, 1.807) is 0 Å². The molecule has 3 rings (SSSR count). The molecule has 0 N–H and O–H groups in total. The number of nitrogens with zero attached hydrogens (tertiary/aromatic N) is 3. The van der Waals surface area contributed by atoms with Gasteiger partial charge in [-0.15, -0.1) is 0 Å². The summed E-state index contributed by atoms with van der Waals surface area (Å²) < 4.78 is 2.28. The van der Waals surface area contributed by atoms with E-state index in [0.29, 0.717) is 6.42 Å². The number of benzene rings is 2. The lowest BCUT2D eigenvalue weighted by molar-refractivity contribution is 0.642. The number of unbranched alkanes of at least 4 members (excludes halogenated alkanes) is 1. The maximum Gasteiger partial charge on any atom is 0.114 e. The molecule has 3 heteroatoms. The highest BCUT2D eigenvalue weighted by molar-refractivity contribution is 5.78. The molecule has 0 saturated heterocycles. The minimum Gasteiger partial charge on any atom is -0.328 e. The molecule has 0 fully saturated rings. The van der Waals surface area contributed by atoms with Gasteiger partial charge >= 0.3 is 0 Å². The molecule has 0 unspecified atom stereocenters. The van der Waals surface area contributed by atoms with Crippen molar-refractivity contribution in [1.82, 2.24) is 9.55 Å². The third kappa shape index (κ3) is 3.27. The summed E-state index contributed by atoms with van der Waals surface area (Å²) in [5.74, 6) is 1.08. The van der Waals surface area contributed by atoms with Crippen LogP contribution in [0.25, 0.3) is 11.0 Å². The molecule has 23 heavy (non-hydrogen) atoms. The van der Waals surface area contributed by atoms with Gasteiger partial charge in [-0.1, -0.05) is 30.3 Å². The number of aromatic nitrogens is 2. The first kappa shape index (κ1) is 15.3. The van der Waals surface area contributed by atoms with E-state index in [1.807, 2.05) is 6.07 Å². The van der Waals surface area contributed by atoms with Crippen LogP contribution >= 0.6 is 0 Å². The molecule has 0 bridgehead atoms. The summed E-state index contributed by atoms with van der Waals surface area (Å²) in [5.41, 5.74) is 6.04. The van der Waals surface area contributed by atoms with E-state index in [4.69, 9.17) is 10.2 Å². The summed E-state index contributed by atoms with van der Waals surface area (Å²) >= 11 is 0. The van der Waals surface area contributed by atoms with E-state index >= 15 is 0 Å². The Morgan fingerprint density at radius 2 is 1.83 bits per heavy atom. The SMILES string of the molecule is Cc1cc2nc(Cc3ccccc3)n(CCCC#N)c2cc1C. The lowest BCUT2D eigenvalue weighted by Gasteiger charge is -2.09.